The van der Waals surface area contributed by atoms with E-state index in [1.165, 1.54) is 25.9 Å². The van der Waals surface area contributed by atoms with Crippen LogP contribution in [0, 0.1) is 0 Å². The molecule has 0 saturated carbocycles. The Morgan fingerprint density at radius 1 is 1.20 bits per heavy atom. The van der Waals surface area contributed by atoms with Crippen LogP contribution in [0.1, 0.15) is 39.5 Å². The van der Waals surface area contributed by atoms with E-state index in [1.807, 2.05) is 13.8 Å². The smallest absolute Gasteiger partial charge is 0.407 e. The summed E-state index contributed by atoms with van der Waals surface area (Å²) in [6.45, 7) is 9.15. The van der Waals surface area contributed by atoms with E-state index < -0.39 is 0 Å². The largest absolute Gasteiger partial charge is 0.447 e. The Labute approximate surface area is 122 Å². The summed E-state index contributed by atoms with van der Waals surface area (Å²) in [5.41, 5.74) is -0.108. The van der Waals surface area contributed by atoms with Crippen molar-refractivity contribution < 1.29 is 9.53 Å². The minimum absolute atomic E-state index is 0.0647. The van der Waals surface area contributed by atoms with Crippen LogP contribution in [0.15, 0.2) is 0 Å². The van der Waals surface area contributed by atoms with Gasteiger partial charge in [-0.05, 0) is 59.7 Å². The van der Waals surface area contributed by atoms with Gasteiger partial charge in [-0.25, -0.2) is 4.79 Å². The lowest BCUT2D eigenvalue weighted by molar-refractivity contribution is 0.0766. The Bertz CT molecular complexity index is 319. The predicted octanol–water partition coefficient (Wildman–Crippen LogP) is 1.68. The van der Waals surface area contributed by atoms with Crippen molar-refractivity contribution in [2.75, 3.05) is 39.8 Å². The number of hydrogen-bond donors (Lipinski definition) is 1. The van der Waals surface area contributed by atoms with E-state index in [0.717, 1.165) is 32.5 Å². The van der Waals surface area contributed by atoms with Crippen LogP contribution in [-0.2, 0) is 4.74 Å². The summed E-state index contributed by atoms with van der Waals surface area (Å²) in [4.78, 5) is 16.8. The average Bonchev–Trinajstić information content (AvgIpc) is 2.84. The first-order valence-corrected chi connectivity index (χ1v) is 7.89. The number of piperidine rings is 1. The molecule has 0 atom stereocenters. The molecule has 2 aliphatic heterocycles. The molecular formula is C15H29N3O2. The molecule has 0 aromatic carbocycles. The van der Waals surface area contributed by atoms with E-state index in [-0.39, 0.29) is 17.7 Å². The lowest BCUT2D eigenvalue weighted by atomic mass is 9.87. The van der Waals surface area contributed by atoms with Crippen molar-refractivity contribution >= 4 is 6.09 Å². The summed E-state index contributed by atoms with van der Waals surface area (Å²) < 4.78 is 5.29. The first-order chi connectivity index (χ1) is 9.49. The highest BCUT2D eigenvalue weighted by Gasteiger charge is 2.37. The molecule has 5 nitrogen and oxygen atoms in total. The normalized spacial score (nSPS) is 24.0. The molecule has 2 rings (SSSR count). The standard InChI is InChI=1S/C15H29N3O2/c1-13(2)20-14(19)16-15(6-10-17(3)11-7-15)12-18-8-4-5-9-18/h13H,4-12H2,1-3H3,(H,16,19). The Hall–Kier alpha value is -0.810. The van der Waals surface area contributed by atoms with Crippen molar-refractivity contribution in [3.8, 4) is 0 Å². The molecule has 2 heterocycles. The molecule has 2 fully saturated rings. The second-order valence-electron chi connectivity index (χ2n) is 6.65. The van der Waals surface area contributed by atoms with Gasteiger partial charge in [-0.2, -0.15) is 0 Å². The van der Waals surface area contributed by atoms with Crippen molar-refractivity contribution in [3.63, 3.8) is 0 Å². The van der Waals surface area contributed by atoms with Crippen molar-refractivity contribution in [2.45, 2.75) is 51.2 Å². The van der Waals surface area contributed by atoms with Crippen LogP contribution >= 0.6 is 0 Å². The van der Waals surface area contributed by atoms with Gasteiger partial charge in [-0.15, -0.1) is 0 Å². The molecule has 0 aliphatic carbocycles. The fourth-order valence-electron chi connectivity index (χ4n) is 3.20. The van der Waals surface area contributed by atoms with Gasteiger partial charge in [-0.1, -0.05) is 0 Å². The quantitative estimate of drug-likeness (QED) is 0.852. The Morgan fingerprint density at radius 2 is 1.80 bits per heavy atom. The second-order valence-corrected chi connectivity index (χ2v) is 6.65. The van der Waals surface area contributed by atoms with E-state index in [9.17, 15) is 4.79 Å². The summed E-state index contributed by atoms with van der Waals surface area (Å²) in [6, 6.07) is 0. The molecule has 0 unspecified atom stereocenters. The summed E-state index contributed by atoms with van der Waals surface area (Å²) in [7, 11) is 2.15. The number of alkyl carbamates (subject to hydrolysis) is 1. The fourth-order valence-corrected chi connectivity index (χ4v) is 3.20. The van der Waals surface area contributed by atoms with Gasteiger partial charge in [0.2, 0.25) is 0 Å². The number of hydrogen-bond acceptors (Lipinski definition) is 4. The van der Waals surface area contributed by atoms with E-state index in [2.05, 4.69) is 22.2 Å². The molecule has 0 spiro atoms. The summed E-state index contributed by atoms with van der Waals surface area (Å²) in [6.07, 6.45) is 4.26. The molecule has 0 bridgehead atoms. The molecule has 116 valence electrons. The van der Waals surface area contributed by atoms with E-state index in [0.29, 0.717) is 0 Å². The highest BCUT2D eigenvalue weighted by atomic mass is 16.6. The minimum atomic E-state index is -0.260. The molecule has 0 aromatic rings. The Morgan fingerprint density at radius 3 is 2.35 bits per heavy atom. The molecule has 2 aliphatic rings. The van der Waals surface area contributed by atoms with Crippen LogP contribution < -0.4 is 5.32 Å². The van der Waals surface area contributed by atoms with E-state index in [1.54, 1.807) is 0 Å². The zero-order chi connectivity index (χ0) is 14.6. The maximum Gasteiger partial charge on any atom is 0.407 e. The summed E-state index contributed by atoms with van der Waals surface area (Å²) >= 11 is 0. The molecule has 0 aromatic heterocycles. The first kappa shape index (κ1) is 15.6. The van der Waals surface area contributed by atoms with Crippen molar-refractivity contribution in [3.05, 3.63) is 0 Å². The third kappa shape index (κ3) is 4.35. The number of amides is 1. The van der Waals surface area contributed by atoms with Crippen LogP contribution in [-0.4, -0.2) is 67.3 Å². The number of ether oxygens (including phenoxy) is 1. The van der Waals surface area contributed by atoms with Gasteiger partial charge in [0, 0.05) is 19.6 Å². The molecule has 1 N–H and O–H groups in total. The van der Waals surface area contributed by atoms with Gasteiger partial charge in [0.05, 0.1) is 11.6 Å². The fraction of sp³-hybridized carbons (Fsp3) is 0.933. The second kappa shape index (κ2) is 6.76. The SMILES string of the molecule is CC(C)OC(=O)NC1(CN2CCCC2)CCN(C)CC1. The van der Waals surface area contributed by atoms with Gasteiger partial charge in [0.1, 0.15) is 0 Å². The molecule has 20 heavy (non-hydrogen) atoms. The highest BCUT2D eigenvalue weighted by molar-refractivity contribution is 5.68. The number of likely N-dealkylation sites (tertiary alicyclic amines) is 2. The zero-order valence-corrected chi connectivity index (χ0v) is 13.2. The molecule has 1 amide bonds. The summed E-state index contributed by atoms with van der Waals surface area (Å²) in [5, 5.41) is 3.18. The molecule has 0 radical (unpaired) electrons. The molecule has 5 heteroatoms. The Balaban J connectivity index is 1.97. The monoisotopic (exact) mass is 283 g/mol. The zero-order valence-electron chi connectivity index (χ0n) is 13.2. The number of nitrogens with zero attached hydrogens (tertiary/aromatic N) is 2. The number of carbonyl (C=O) groups is 1. The van der Waals surface area contributed by atoms with Gasteiger partial charge < -0.3 is 19.9 Å². The van der Waals surface area contributed by atoms with Crippen LogP contribution in [0.3, 0.4) is 0 Å². The van der Waals surface area contributed by atoms with E-state index >= 15 is 0 Å². The van der Waals surface area contributed by atoms with Crippen molar-refractivity contribution in [1.29, 1.82) is 0 Å². The average molecular weight is 283 g/mol. The minimum Gasteiger partial charge on any atom is -0.447 e. The van der Waals surface area contributed by atoms with Gasteiger partial charge in [-0.3, -0.25) is 0 Å². The maximum absolute atomic E-state index is 12.0. The number of rotatable bonds is 4. The van der Waals surface area contributed by atoms with Gasteiger partial charge >= 0.3 is 6.09 Å². The maximum atomic E-state index is 12.0. The van der Waals surface area contributed by atoms with Gasteiger partial charge in [0.15, 0.2) is 0 Å². The predicted molar refractivity (Wildman–Crippen MR) is 79.9 cm³/mol. The van der Waals surface area contributed by atoms with Crippen LogP contribution in [0.5, 0.6) is 0 Å². The van der Waals surface area contributed by atoms with Crippen molar-refractivity contribution in [2.24, 2.45) is 0 Å². The molecule has 2 saturated heterocycles. The van der Waals surface area contributed by atoms with Crippen LogP contribution in [0.4, 0.5) is 4.79 Å². The topological polar surface area (TPSA) is 44.8 Å². The Kier molecular flexibility index (Phi) is 5.27. The third-order valence-electron chi connectivity index (χ3n) is 4.38. The van der Waals surface area contributed by atoms with Gasteiger partial charge in [0.25, 0.3) is 0 Å². The van der Waals surface area contributed by atoms with Crippen molar-refractivity contribution in [1.82, 2.24) is 15.1 Å². The van der Waals surface area contributed by atoms with E-state index in [4.69, 9.17) is 4.74 Å². The van der Waals surface area contributed by atoms with Crippen LogP contribution in [0.25, 0.3) is 0 Å². The summed E-state index contributed by atoms with van der Waals surface area (Å²) in [5.74, 6) is 0. The molecular weight excluding hydrogens is 254 g/mol. The first-order valence-electron chi connectivity index (χ1n) is 7.89. The number of nitrogens with one attached hydrogen (secondary N) is 1. The number of carbonyl (C=O) groups excluding carboxylic acids is 1. The van der Waals surface area contributed by atoms with Crippen LogP contribution in [0.2, 0.25) is 0 Å². The lowest BCUT2D eigenvalue weighted by Crippen LogP contribution is -2.60. The third-order valence-corrected chi connectivity index (χ3v) is 4.38. The highest BCUT2D eigenvalue weighted by Crippen LogP contribution is 2.25. The lowest BCUT2D eigenvalue weighted by Gasteiger charge is -2.43.